The van der Waals surface area contributed by atoms with Gasteiger partial charge in [0.2, 0.25) is 0 Å². The number of halogens is 1. The Morgan fingerprint density at radius 2 is 2.15 bits per heavy atom. The number of anilines is 2. The minimum atomic E-state index is -0.220. The van der Waals surface area contributed by atoms with Gasteiger partial charge in [0.1, 0.15) is 41.8 Å². The zero-order chi connectivity index (χ0) is 18.8. The van der Waals surface area contributed by atoms with Crippen LogP contribution in [0.15, 0.2) is 18.2 Å². The number of rotatable bonds is 4. The van der Waals surface area contributed by atoms with Gasteiger partial charge >= 0.3 is 0 Å². The van der Waals surface area contributed by atoms with Crippen LogP contribution in [0.1, 0.15) is 24.2 Å². The second-order valence-corrected chi connectivity index (χ2v) is 7.13. The molecule has 0 unspecified atom stereocenters. The van der Waals surface area contributed by atoms with Gasteiger partial charge in [-0.3, -0.25) is 0 Å². The monoisotopic (exact) mass is 390 g/mol. The van der Waals surface area contributed by atoms with Crippen LogP contribution < -0.4 is 19.7 Å². The number of hydrogen-bond acceptors (Lipinski definition) is 7. The maximum atomic E-state index is 9.33. The molecule has 27 heavy (non-hydrogen) atoms. The van der Waals surface area contributed by atoms with Crippen molar-refractivity contribution in [3.8, 4) is 11.5 Å². The van der Waals surface area contributed by atoms with Crippen molar-refractivity contribution in [1.29, 1.82) is 0 Å². The van der Waals surface area contributed by atoms with Gasteiger partial charge in [-0.25, -0.2) is 9.97 Å². The van der Waals surface area contributed by atoms with Gasteiger partial charge in [0.25, 0.3) is 0 Å². The van der Waals surface area contributed by atoms with Crippen molar-refractivity contribution in [2.75, 3.05) is 36.5 Å². The minimum Gasteiger partial charge on any atom is -0.490 e. The first kappa shape index (κ1) is 18.1. The lowest BCUT2D eigenvalue weighted by Gasteiger charge is -2.34. The summed E-state index contributed by atoms with van der Waals surface area (Å²) in [7, 11) is 0. The van der Waals surface area contributed by atoms with E-state index in [9.17, 15) is 5.11 Å². The van der Waals surface area contributed by atoms with Crippen LogP contribution in [-0.2, 0) is 6.61 Å². The molecular formula is C19H23ClN4O3. The first-order valence-electron chi connectivity index (χ1n) is 9.20. The summed E-state index contributed by atoms with van der Waals surface area (Å²) in [6.07, 6.45) is 1.92. The van der Waals surface area contributed by atoms with Gasteiger partial charge in [-0.15, -0.1) is 0 Å². The summed E-state index contributed by atoms with van der Waals surface area (Å²) in [6, 6.07) is 5.91. The zero-order valence-electron chi connectivity index (χ0n) is 15.2. The predicted molar refractivity (Wildman–Crippen MR) is 104 cm³/mol. The molecule has 0 amide bonds. The zero-order valence-corrected chi connectivity index (χ0v) is 16.0. The minimum absolute atomic E-state index is 0.152. The fourth-order valence-corrected chi connectivity index (χ4v) is 3.65. The number of piperidine rings is 1. The summed E-state index contributed by atoms with van der Waals surface area (Å²) in [5.74, 6) is 2.88. The highest BCUT2D eigenvalue weighted by atomic mass is 35.5. The van der Waals surface area contributed by atoms with E-state index in [1.54, 1.807) is 0 Å². The van der Waals surface area contributed by atoms with E-state index >= 15 is 0 Å². The Labute approximate surface area is 163 Å². The molecule has 2 aliphatic heterocycles. The average Bonchev–Trinajstić information content (AvgIpc) is 2.70. The second-order valence-electron chi connectivity index (χ2n) is 6.77. The molecule has 4 rings (SSSR count). The van der Waals surface area contributed by atoms with E-state index in [2.05, 4.69) is 20.2 Å². The van der Waals surface area contributed by atoms with Crippen LogP contribution in [0.25, 0.3) is 0 Å². The Balaban J connectivity index is 1.40. The van der Waals surface area contributed by atoms with Crippen molar-refractivity contribution >= 4 is 23.1 Å². The number of aliphatic hydroxyl groups is 1. The largest absolute Gasteiger partial charge is 0.490 e. The molecule has 0 atom stereocenters. The Kier molecular flexibility index (Phi) is 5.22. The van der Waals surface area contributed by atoms with E-state index in [1.165, 1.54) is 0 Å². The lowest BCUT2D eigenvalue weighted by Crippen LogP contribution is -2.39. The molecule has 8 heteroatoms. The van der Waals surface area contributed by atoms with Gasteiger partial charge in [0, 0.05) is 44.1 Å². The van der Waals surface area contributed by atoms with Crippen molar-refractivity contribution in [3.63, 3.8) is 0 Å². The standard InChI is InChI=1S/C19H23ClN4O3/c1-12-18(20)22-17(11-25)23-19(12)24-7-4-13(5-8-24)27-14-2-3-16-15(10-14)21-6-9-26-16/h2-3,10,13,21,25H,4-9,11H2,1H3. The Morgan fingerprint density at radius 1 is 1.33 bits per heavy atom. The number of aliphatic hydroxyl groups excluding tert-OH is 1. The second kappa shape index (κ2) is 7.78. The molecule has 0 radical (unpaired) electrons. The average molecular weight is 391 g/mol. The van der Waals surface area contributed by atoms with E-state index in [1.807, 2.05) is 25.1 Å². The summed E-state index contributed by atoms with van der Waals surface area (Å²) in [4.78, 5) is 10.7. The van der Waals surface area contributed by atoms with Gasteiger partial charge in [0.05, 0.1) is 5.69 Å². The Bertz CT molecular complexity index is 825. The fourth-order valence-electron chi connectivity index (χ4n) is 3.47. The summed E-state index contributed by atoms with van der Waals surface area (Å²) < 4.78 is 11.8. The van der Waals surface area contributed by atoms with Gasteiger partial charge in [-0.2, -0.15) is 0 Å². The lowest BCUT2D eigenvalue weighted by atomic mass is 10.1. The summed E-state index contributed by atoms with van der Waals surface area (Å²) in [5, 5.41) is 13.1. The number of fused-ring (bicyclic) bond motifs is 1. The number of benzene rings is 1. The summed E-state index contributed by atoms with van der Waals surface area (Å²) in [6.45, 7) is 4.82. The topological polar surface area (TPSA) is 79.7 Å². The van der Waals surface area contributed by atoms with Crippen LogP contribution in [0, 0.1) is 6.92 Å². The molecule has 0 saturated carbocycles. The van der Waals surface area contributed by atoms with E-state index in [-0.39, 0.29) is 12.7 Å². The summed E-state index contributed by atoms with van der Waals surface area (Å²) in [5.41, 5.74) is 1.83. The van der Waals surface area contributed by atoms with Crippen molar-refractivity contribution in [3.05, 3.63) is 34.7 Å². The molecule has 2 aliphatic rings. The maximum Gasteiger partial charge on any atom is 0.157 e. The molecule has 2 aromatic rings. The van der Waals surface area contributed by atoms with Crippen molar-refractivity contribution in [2.45, 2.75) is 32.5 Å². The number of hydrogen-bond donors (Lipinski definition) is 2. The highest BCUT2D eigenvalue weighted by Crippen LogP contribution is 2.33. The molecule has 1 saturated heterocycles. The molecule has 2 N–H and O–H groups in total. The highest BCUT2D eigenvalue weighted by molar-refractivity contribution is 6.30. The first-order valence-corrected chi connectivity index (χ1v) is 9.58. The van der Waals surface area contributed by atoms with Crippen molar-refractivity contribution in [2.24, 2.45) is 0 Å². The van der Waals surface area contributed by atoms with Gasteiger partial charge < -0.3 is 24.8 Å². The van der Waals surface area contributed by atoms with Crippen LogP contribution >= 0.6 is 11.6 Å². The van der Waals surface area contributed by atoms with Crippen molar-refractivity contribution < 1.29 is 14.6 Å². The molecule has 3 heterocycles. The third kappa shape index (κ3) is 3.89. The third-order valence-corrected chi connectivity index (χ3v) is 5.29. The molecule has 0 spiro atoms. The molecular weight excluding hydrogens is 368 g/mol. The van der Waals surface area contributed by atoms with Gasteiger partial charge in [0.15, 0.2) is 5.82 Å². The smallest absolute Gasteiger partial charge is 0.157 e. The third-order valence-electron chi connectivity index (χ3n) is 4.92. The van der Waals surface area contributed by atoms with Crippen LogP contribution in [0.3, 0.4) is 0 Å². The summed E-state index contributed by atoms with van der Waals surface area (Å²) >= 11 is 6.18. The molecule has 1 aromatic carbocycles. The molecule has 7 nitrogen and oxygen atoms in total. The Hall–Kier alpha value is -2.25. The number of nitrogens with zero attached hydrogens (tertiary/aromatic N) is 3. The van der Waals surface area contributed by atoms with Gasteiger partial charge in [-0.1, -0.05) is 11.6 Å². The van der Waals surface area contributed by atoms with Crippen LogP contribution in [0.4, 0.5) is 11.5 Å². The molecule has 144 valence electrons. The quantitative estimate of drug-likeness (QED) is 0.777. The number of ether oxygens (including phenoxy) is 2. The SMILES string of the molecule is Cc1c(Cl)nc(CO)nc1N1CCC(Oc2ccc3c(c2)NCCO3)CC1. The first-order chi connectivity index (χ1) is 13.1. The van der Waals surface area contributed by atoms with Crippen LogP contribution in [0.5, 0.6) is 11.5 Å². The van der Waals surface area contributed by atoms with Gasteiger partial charge in [-0.05, 0) is 19.1 Å². The Morgan fingerprint density at radius 3 is 2.93 bits per heavy atom. The fraction of sp³-hybridized carbons (Fsp3) is 0.474. The van der Waals surface area contributed by atoms with E-state index in [0.717, 1.165) is 61.0 Å². The normalized spacial score (nSPS) is 17.1. The molecule has 1 fully saturated rings. The number of nitrogens with one attached hydrogen (secondary N) is 1. The molecule has 0 aliphatic carbocycles. The van der Waals surface area contributed by atoms with Crippen LogP contribution in [-0.4, -0.2) is 47.4 Å². The highest BCUT2D eigenvalue weighted by Gasteiger charge is 2.24. The lowest BCUT2D eigenvalue weighted by molar-refractivity contribution is 0.170. The van der Waals surface area contributed by atoms with Crippen LogP contribution in [0.2, 0.25) is 5.15 Å². The molecule has 1 aromatic heterocycles. The van der Waals surface area contributed by atoms with E-state index in [0.29, 0.717) is 17.6 Å². The van der Waals surface area contributed by atoms with E-state index in [4.69, 9.17) is 21.1 Å². The number of aromatic nitrogens is 2. The predicted octanol–water partition coefficient (Wildman–Crippen LogP) is 2.78. The molecule has 0 bridgehead atoms. The maximum absolute atomic E-state index is 9.33. The van der Waals surface area contributed by atoms with E-state index < -0.39 is 0 Å². The van der Waals surface area contributed by atoms with Crippen molar-refractivity contribution in [1.82, 2.24) is 9.97 Å².